The first-order valence-electron chi connectivity index (χ1n) is 6.21. The molecule has 6 nitrogen and oxygen atoms in total. The van der Waals surface area contributed by atoms with Gasteiger partial charge in [0.05, 0.1) is 11.4 Å². The molecule has 0 saturated heterocycles. The van der Waals surface area contributed by atoms with Gasteiger partial charge in [0.2, 0.25) is 5.91 Å². The van der Waals surface area contributed by atoms with Gasteiger partial charge in [-0.15, -0.1) is 0 Å². The Morgan fingerprint density at radius 1 is 1.50 bits per heavy atom. The molecule has 1 aromatic rings. The van der Waals surface area contributed by atoms with Crippen LogP contribution in [0.3, 0.4) is 0 Å². The highest BCUT2D eigenvalue weighted by Gasteiger charge is 2.09. The fraction of sp³-hybridized carbons (Fsp3) is 0.667. The normalized spacial score (nSPS) is 10.7. The van der Waals surface area contributed by atoms with Gasteiger partial charge in [-0.1, -0.05) is 13.8 Å². The fourth-order valence-electron chi connectivity index (χ4n) is 1.58. The van der Waals surface area contributed by atoms with Crippen molar-refractivity contribution < 1.29 is 4.79 Å². The number of carbonyl (C=O) groups is 1. The van der Waals surface area contributed by atoms with E-state index < -0.39 is 0 Å². The Labute approximate surface area is 108 Å². The molecular weight excluding hydrogens is 230 g/mol. The summed E-state index contributed by atoms with van der Waals surface area (Å²) in [5.74, 6) is 1.29. The lowest BCUT2D eigenvalue weighted by Crippen LogP contribution is -2.28. The average Bonchev–Trinajstić information content (AvgIpc) is 2.53. The smallest absolute Gasteiger partial charge is 0.221 e. The van der Waals surface area contributed by atoms with Crippen LogP contribution in [-0.2, 0) is 11.8 Å². The van der Waals surface area contributed by atoms with E-state index in [1.807, 2.05) is 14.0 Å². The van der Waals surface area contributed by atoms with Crippen LogP contribution in [0.15, 0.2) is 0 Å². The largest absolute Gasteiger partial charge is 0.394 e. The van der Waals surface area contributed by atoms with E-state index in [9.17, 15) is 4.79 Å². The van der Waals surface area contributed by atoms with E-state index in [0.29, 0.717) is 31.1 Å². The van der Waals surface area contributed by atoms with Gasteiger partial charge in [0, 0.05) is 26.6 Å². The highest BCUT2D eigenvalue weighted by atomic mass is 16.1. The molecule has 0 aliphatic heterocycles. The van der Waals surface area contributed by atoms with Crippen LogP contribution in [0.2, 0.25) is 0 Å². The minimum absolute atomic E-state index is 0.0497. The summed E-state index contributed by atoms with van der Waals surface area (Å²) in [4.78, 5) is 11.5. The monoisotopic (exact) mass is 253 g/mol. The third-order valence-electron chi connectivity index (χ3n) is 2.62. The quantitative estimate of drug-likeness (QED) is 0.702. The van der Waals surface area contributed by atoms with E-state index in [1.54, 1.807) is 4.68 Å². The van der Waals surface area contributed by atoms with Crippen molar-refractivity contribution in [1.29, 1.82) is 0 Å². The van der Waals surface area contributed by atoms with Gasteiger partial charge in [0.25, 0.3) is 0 Å². The van der Waals surface area contributed by atoms with Crippen molar-refractivity contribution in [3.05, 3.63) is 5.69 Å². The van der Waals surface area contributed by atoms with Crippen molar-refractivity contribution in [2.45, 2.75) is 27.2 Å². The van der Waals surface area contributed by atoms with Crippen LogP contribution in [0.25, 0.3) is 0 Å². The molecule has 0 aliphatic rings. The van der Waals surface area contributed by atoms with Gasteiger partial charge in [-0.2, -0.15) is 5.10 Å². The van der Waals surface area contributed by atoms with Crippen molar-refractivity contribution in [3.8, 4) is 0 Å². The van der Waals surface area contributed by atoms with Crippen LogP contribution < -0.4 is 16.4 Å². The Bertz CT molecular complexity index is 411. The first-order valence-corrected chi connectivity index (χ1v) is 6.21. The molecule has 1 rings (SSSR count). The summed E-state index contributed by atoms with van der Waals surface area (Å²) in [7, 11) is 1.82. The Kier molecular flexibility index (Phi) is 5.00. The summed E-state index contributed by atoms with van der Waals surface area (Å²) in [6.07, 6.45) is 0.427. The van der Waals surface area contributed by atoms with E-state index in [1.165, 1.54) is 0 Å². The summed E-state index contributed by atoms with van der Waals surface area (Å²) in [6.45, 7) is 7.25. The Morgan fingerprint density at radius 2 is 2.17 bits per heavy atom. The molecule has 0 radical (unpaired) electrons. The van der Waals surface area contributed by atoms with Gasteiger partial charge in [-0.25, -0.2) is 0 Å². The zero-order valence-electron chi connectivity index (χ0n) is 11.6. The highest BCUT2D eigenvalue weighted by molar-refractivity contribution is 5.76. The van der Waals surface area contributed by atoms with Crippen LogP contribution >= 0.6 is 0 Å². The molecule has 1 amide bonds. The Hall–Kier alpha value is -1.72. The number of nitrogen functional groups attached to an aromatic ring is 1. The third-order valence-corrected chi connectivity index (χ3v) is 2.62. The minimum Gasteiger partial charge on any atom is -0.394 e. The zero-order chi connectivity index (χ0) is 13.7. The number of anilines is 2. The number of nitrogens with one attached hydrogen (secondary N) is 2. The standard InChI is InChI=1S/C12H23N5O/c1-8(2)7-15-10(18)5-6-14-12-11(13)9(3)16-17(12)4/h8,14H,5-7,13H2,1-4H3,(H,15,18). The summed E-state index contributed by atoms with van der Waals surface area (Å²) < 4.78 is 1.69. The van der Waals surface area contributed by atoms with Gasteiger partial charge in [0.15, 0.2) is 0 Å². The summed E-state index contributed by atoms with van der Waals surface area (Å²) in [6, 6.07) is 0. The number of carbonyl (C=O) groups excluding carboxylic acids is 1. The van der Waals surface area contributed by atoms with Crippen molar-refractivity contribution in [1.82, 2.24) is 15.1 Å². The number of nitrogens with two attached hydrogens (primary N) is 1. The van der Waals surface area contributed by atoms with Crippen LogP contribution in [-0.4, -0.2) is 28.8 Å². The Morgan fingerprint density at radius 3 is 2.67 bits per heavy atom. The number of rotatable bonds is 6. The second kappa shape index (κ2) is 6.28. The predicted molar refractivity (Wildman–Crippen MR) is 73.3 cm³/mol. The molecule has 0 atom stereocenters. The molecule has 0 saturated carbocycles. The fourth-order valence-corrected chi connectivity index (χ4v) is 1.58. The van der Waals surface area contributed by atoms with Gasteiger partial charge < -0.3 is 16.4 Å². The lowest BCUT2D eigenvalue weighted by atomic mass is 10.2. The van der Waals surface area contributed by atoms with Crippen LogP contribution in [0.1, 0.15) is 26.0 Å². The van der Waals surface area contributed by atoms with Gasteiger partial charge in [0.1, 0.15) is 5.82 Å². The number of nitrogens with zero attached hydrogens (tertiary/aromatic N) is 2. The Balaban J connectivity index is 2.35. The molecule has 0 spiro atoms. The maximum absolute atomic E-state index is 11.5. The number of aromatic nitrogens is 2. The molecule has 0 bridgehead atoms. The number of aryl methyl sites for hydroxylation is 2. The van der Waals surface area contributed by atoms with E-state index in [-0.39, 0.29) is 5.91 Å². The summed E-state index contributed by atoms with van der Waals surface area (Å²) in [5, 5.41) is 10.2. The maximum atomic E-state index is 11.5. The topological polar surface area (TPSA) is 85.0 Å². The molecule has 0 aromatic carbocycles. The third kappa shape index (κ3) is 3.94. The molecule has 18 heavy (non-hydrogen) atoms. The SMILES string of the molecule is Cc1nn(C)c(NCCC(=O)NCC(C)C)c1N. The second-order valence-corrected chi connectivity index (χ2v) is 4.85. The number of hydrogen-bond acceptors (Lipinski definition) is 4. The predicted octanol–water partition coefficient (Wildman–Crippen LogP) is 0.885. The molecule has 0 unspecified atom stereocenters. The highest BCUT2D eigenvalue weighted by Crippen LogP contribution is 2.20. The van der Waals surface area contributed by atoms with Crippen molar-refractivity contribution in [2.75, 3.05) is 24.1 Å². The lowest BCUT2D eigenvalue weighted by molar-refractivity contribution is -0.120. The first-order chi connectivity index (χ1) is 8.41. The zero-order valence-corrected chi connectivity index (χ0v) is 11.6. The number of hydrogen-bond donors (Lipinski definition) is 3. The average molecular weight is 253 g/mol. The molecule has 102 valence electrons. The van der Waals surface area contributed by atoms with Gasteiger partial charge >= 0.3 is 0 Å². The number of amides is 1. The first kappa shape index (κ1) is 14.3. The van der Waals surface area contributed by atoms with Crippen molar-refractivity contribution in [3.63, 3.8) is 0 Å². The van der Waals surface area contributed by atoms with E-state index in [0.717, 1.165) is 11.5 Å². The van der Waals surface area contributed by atoms with E-state index in [2.05, 4.69) is 29.6 Å². The molecule has 1 aromatic heterocycles. The second-order valence-electron chi connectivity index (χ2n) is 4.85. The van der Waals surface area contributed by atoms with Crippen molar-refractivity contribution >= 4 is 17.4 Å². The molecule has 0 fully saturated rings. The molecule has 0 aliphatic carbocycles. The van der Waals surface area contributed by atoms with Gasteiger partial charge in [-0.05, 0) is 12.8 Å². The summed E-state index contributed by atoms with van der Waals surface area (Å²) in [5.41, 5.74) is 7.31. The van der Waals surface area contributed by atoms with Crippen molar-refractivity contribution in [2.24, 2.45) is 13.0 Å². The molecule has 1 heterocycles. The minimum atomic E-state index is 0.0497. The molecular formula is C12H23N5O. The molecule has 4 N–H and O–H groups in total. The van der Waals surface area contributed by atoms with E-state index >= 15 is 0 Å². The van der Waals surface area contributed by atoms with Crippen LogP contribution in [0.4, 0.5) is 11.5 Å². The lowest BCUT2D eigenvalue weighted by Gasteiger charge is -2.09. The molecule has 6 heteroatoms. The van der Waals surface area contributed by atoms with E-state index in [4.69, 9.17) is 5.73 Å². The van der Waals surface area contributed by atoms with Gasteiger partial charge in [-0.3, -0.25) is 9.48 Å². The maximum Gasteiger partial charge on any atom is 0.221 e. The van der Waals surface area contributed by atoms with Crippen LogP contribution in [0.5, 0.6) is 0 Å². The summed E-state index contributed by atoms with van der Waals surface area (Å²) >= 11 is 0. The van der Waals surface area contributed by atoms with Crippen LogP contribution in [0, 0.1) is 12.8 Å².